The van der Waals surface area contributed by atoms with E-state index in [4.69, 9.17) is 27.6 Å². The zero-order valence-corrected chi connectivity index (χ0v) is 18.3. The summed E-state index contributed by atoms with van der Waals surface area (Å²) in [5.41, 5.74) is 2.03. The Balaban J connectivity index is 1.53. The molecule has 0 atom stereocenters. The maximum Gasteiger partial charge on any atom is 0.420 e. The van der Waals surface area contributed by atoms with Gasteiger partial charge in [0.15, 0.2) is 11.4 Å². The van der Waals surface area contributed by atoms with E-state index in [1.807, 2.05) is 30.3 Å². The zero-order valence-electron chi connectivity index (χ0n) is 16.8. The first-order valence-electron chi connectivity index (χ1n) is 9.87. The number of halogens is 2. The number of hydrogen-bond donors (Lipinski definition) is 1. The van der Waals surface area contributed by atoms with Crippen molar-refractivity contribution < 1.29 is 14.0 Å². The van der Waals surface area contributed by atoms with Crippen LogP contribution in [0.15, 0.2) is 75.9 Å². The van der Waals surface area contributed by atoms with Crippen molar-refractivity contribution in [2.45, 2.75) is 13.0 Å². The summed E-state index contributed by atoms with van der Waals surface area (Å²) in [4.78, 5) is 37.6. The maximum absolute atomic E-state index is 12.9. The van der Waals surface area contributed by atoms with Gasteiger partial charge < -0.3 is 9.73 Å². The fraction of sp³-hybridized carbons (Fsp3) is 0.125. The Morgan fingerprint density at radius 2 is 1.62 bits per heavy atom. The van der Waals surface area contributed by atoms with Crippen molar-refractivity contribution in [3.05, 3.63) is 104 Å². The summed E-state index contributed by atoms with van der Waals surface area (Å²) in [5.74, 6) is -1.44. The van der Waals surface area contributed by atoms with Gasteiger partial charge in [0.25, 0.3) is 0 Å². The molecule has 0 saturated heterocycles. The standard InChI is InChI=1S/C24H18Cl2N2O4/c25-18-9-5-4-8-16(18)23(30)17-12-21-20(13-19(17)26)28(24(31)32-21)14-22(29)27-11-10-15-6-2-1-3-7-15/h1-9,12-13H,10-11,14H2,(H,27,29). The van der Waals surface area contributed by atoms with Crippen molar-refractivity contribution in [1.29, 1.82) is 0 Å². The van der Waals surface area contributed by atoms with E-state index in [0.717, 1.165) is 5.56 Å². The smallest absolute Gasteiger partial charge is 0.408 e. The number of fused-ring (bicyclic) bond motifs is 1. The molecule has 8 heteroatoms. The highest BCUT2D eigenvalue weighted by molar-refractivity contribution is 6.38. The van der Waals surface area contributed by atoms with Crippen molar-refractivity contribution in [1.82, 2.24) is 9.88 Å². The van der Waals surface area contributed by atoms with Gasteiger partial charge in [-0.1, -0.05) is 65.7 Å². The second-order valence-corrected chi connectivity index (χ2v) is 7.96. The SMILES string of the molecule is O=C(Cn1c(=O)oc2cc(C(=O)c3ccccc3Cl)c(Cl)cc21)NCCc1ccccc1. The number of aromatic nitrogens is 1. The number of oxazole rings is 1. The van der Waals surface area contributed by atoms with E-state index < -0.39 is 11.5 Å². The van der Waals surface area contributed by atoms with E-state index in [0.29, 0.717) is 23.5 Å². The summed E-state index contributed by atoms with van der Waals surface area (Å²) < 4.78 is 6.45. The third-order valence-electron chi connectivity index (χ3n) is 5.00. The third kappa shape index (κ3) is 4.61. The van der Waals surface area contributed by atoms with Gasteiger partial charge in [0, 0.05) is 17.7 Å². The van der Waals surface area contributed by atoms with Gasteiger partial charge in [-0.25, -0.2) is 4.79 Å². The molecular formula is C24H18Cl2N2O4. The first-order chi connectivity index (χ1) is 15.4. The van der Waals surface area contributed by atoms with Gasteiger partial charge in [-0.15, -0.1) is 0 Å². The number of nitrogens with zero attached hydrogens (tertiary/aromatic N) is 1. The Bertz CT molecular complexity index is 1360. The molecule has 4 rings (SSSR count). The van der Waals surface area contributed by atoms with Crippen LogP contribution < -0.4 is 11.1 Å². The number of carbonyl (C=O) groups excluding carboxylic acids is 2. The predicted octanol–water partition coefficient (Wildman–Crippen LogP) is 4.49. The molecule has 4 aromatic rings. The van der Waals surface area contributed by atoms with Crippen molar-refractivity contribution in [2.24, 2.45) is 0 Å². The minimum atomic E-state index is -0.711. The molecule has 0 saturated carbocycles. The summed E-state index contributed by atoms with van der Waals surface area (Å²) in [6.45, 7) is 0.208. The van der Waals surface area contributed by atoms with Gasteiger partial charge in [0.2, 0.25) is 5.91 Å². The first-order valence-corrected chi connectivity index (χ1v) is 10.6. The molecule has 0 unspecified atom stereocenters. The van der Waals surface area contributed by atoms with Crippen LogP contribution in [0.1, 0.15) is 21.5 Å². The lowest BCUT2D eigenvalue weighted by molar-refractivity contribution is -0.121. The quantitative estimate of drug-likeness (QED) is 0.405. The Kier molecular flexibility index (Phi) is 6.44. The Morgan fingerprint density at radius 1 is 0.906 bits per heavy atom. The lowest BCUT2D eigenvalue weighted by Crippen LogP contribution is -2.32. The van der Waals surface area contributed by atoms with Crippen LogP contribution in [0.5, 0.6) is 0 Å². The normalized spacial score (nSPS) is 10.9. The second-order valence-electron chi connectivity index (χ2n) is 7.15. The highest BCUT2D eigenvalue weighted by atomic mass is 35.5. The maximum atomic E-state index is 12.9. The van der Waals surface area contributed by atoms with Gasteiger partial charge in [-0.3, -0.25) is 14.2 Å². The molecule has 0 bridgehead atoms. The number of nitrogens with one attached hydrogen (secondary N) is 1. The van der Waals surface area contributed by atoms with Crippen LogP contribution in [-0.4, -0.2) is 22.8 Å². The van der Waals surface area contributed by atoms with E-state index in [9.17, 15) is 14.4 Å². The summed E-state index contributed by atoms with van der Waals surface area (Å²) >= 11 is 12.5. The molecule has 6 nitrogen and oxygen atoms in total. The van der Waals surface area contributed by atoms with Crippen LogP contribution in [0.2, 0.25) is 10.0 Å². The van der Waals surface area contributed by atoms with Crippen LogP contribution >= 0.6 is 23.2 Å². The van der Waals surface area contributed by atoms with E-state index in [1.54, 1.807) is 24.3 Å². The molecule has 0 radical (unpaired) electrons. The van der Waals surface area contributed by atoms with Crippen LogP contribution in [0.4, 0.5) is 0 Å². The summed E-state index contributed by atoms with van der Waals surface area (Å²) in [6.07, 6.45) is 0.674. The van der Waals surface area contributed by atoms with Crippen molar-refractivity contribution in [2.75, 3.05) is 6.54 Å². The lowest BCUT2D eigenvalue weighted by atomic mass is 10.0. The molecule has 1 N–H and O–H groups in total. The highest BCUT2D eigenvalue weighted by Crippen LogP contribution is 2.28. The molecule has 162 valence electrons. The monoisotopic (exact) mass is 468 g/mol. The van der Waals surface area contributed by atoms with Crippen LogP contribution in [0.25, 0.3) is 11.1 Å². The molecular weight excluding hydrogens is 451 g/mol. The largest absolute Gasteiger partial charge is 0.420 e. The third-order valence-corrected chi connectivity index (χ3v) is 5.64. The summed E-state index contributed by atoms with van der Waals surface area (Å²) in [7, 11) is 0. The number of hydrogen-bond acceptors (Lipinski definition) is 4. The van der Waals surface area contributed by atoms with Gasteiger partial charge in [-0.2, -0.15) is 0 Å². The van der Waals surface area contributed by atoms with E-state index in [2.05, 4.69) is 5.32 Å². The topological polar surface area (TPSA) is 81.3 Å². The second kappa shape index (κ2) is 9.42. The fourth-order valence-electron chi connectivity index (χ4n) is 3.39. The molecule has 3 aromatic carbocycles. The van der Waals surface area contributed by atoms with E-state index in [-0.39, 0.29) is 34.2 Å². The number of carbonyl (C=O) groups is 2. The Labute approximate surface area is 193 Å². The minimum absolute atomic E-state index is 0.126. The molecule has 1 heterocycles. The van der Waals surface area contributed by atoms with Gasteiger partial charge >= 0.3 is 5.76 Å². The molecule has 0 aliphatic carbocycles. The van der Waals surface area contributed by atoms with Gasteiger partial charge in [0.05, 0.1) is 15.6 Å². The number of ketones is 1. The molecule has 0 aliphatic heterocycles. The predicted molar refractivity (Wildman–Crippen MR) is 124 cm³/mol. The number of benzene rings is 3. The Hall–Kier alpha value is -3.35. The first kappa shape index (κ1) is 21.9. The lowest BCUT2D eigenvalue weighted by Gasteiger charge is -2.08. The van der Waals surface area contributed by atoms with E-state index in [1.165, 1.54) is 16.7 Å². The number of amides is 1. The molecule has 1 amide bonds. The average molecular weight is 469 g/mol. The van der Waals surface area contributed by atoms with Gasteiger partial charge in [-0.05, 0) is 36.2 Å². The summed E-state index contributed by atoms with van der Waals surface area (Å²) in [5, 5.41) is 3.21. The van der Waals surface area contributed by atoms with Crippen molar-refractivity contribution in [3.63, 3.8) is 0 Å². The summed E-state index contributed by atoms with van der Waals surface area (Å²) in [6, 6.07) is 19.2. The molecule has 0 spiro atoms. The Morgan fingerprint density at radius 3 is 2.38 bits per heavy atom. The zero-order chi connectivity index (χ0) is 22.7. The molecule has 0 fully saturated rings. The molecule has 0 aliphatic rings. The number of rotatable bonds is 7. The molecule has 32 heavy (non-hydrogen) atoms. The van der Waals surface area contributed by atoms with Crippen molar-refractivity contribution >= 4 is 46.0 Å². The van der Waals surface area contributed by atoms with Crippen LogP contribution in [-0.2, 0) is 17.8 Å². The van der Waals surface area contributed by atoms with Gasteiger partial charge in [0.1, 0.15) is 6.54 Å². The van der Waals surface area contributed by atoms with Crippen LogP contribution in [0, 0.1) is 0 Å². The molecule has 1 aromatic heterocycles. The van der Waals surface area contributed by atoms with Crippen LogP contribution in [0.3, 0.4) is 0 Å². The highest BCUT2D eigenvalue weighted by Gasteiger charge is 2.20. The van der Waals surface area contributed by atoms with E-state index >= 15 is 0 Å². The average Bonchev–Trinajstić information content (AvgIpc) is 3.08. The minimum Gasteiger partial charge on any atom is -0.408 e. The fourth-order valence-corrected chi connectivity index (χ4v) is 3.85. The van der Waals surface area contributed by atoms with Crippen molar-refractivity contribution in [3.8, 4) is 0 Å².